The zero-order valence-electron chi connectivity index (χ0n) is 21.3. The Balaban J connectivity index is 1.46. The van der Waals surface area contributed by atoms with Crippen molar-refractivity contribution in [2.24, 2.45) is 0 Å². The summed E-state index contributed by atoms with van der Waals surface area (Å²) in [5.41, 5.74) is 1.88. The number of carbonyl (C=O) groups excluding carboxylic acids is 2. The lowest BCUT2D eigenvalue weighted by atomic mass is 9.97. The van der Waals surface area contributed by atoms with Gasteiger partial charge in [-0.1, -0.05) is 0 Å². The summed E-state index contributed by atoms with van der Waals surface area (Å²) in [6.07, 6.45) is 1.60. The van der Waals surface area contributed by atoms with Crippen LogP contribution in [0.4, 0.5) is 5.69 Å². The lowest BCUT2D eigenvalue weighted by molar-refractivity contribution is -0.137. The lowest BCUT2D eigenvalue weighted by Gasteiger charge is -2.31. The minimum atomic E-state index is -0.274. The Bertz CT molecular complexity index is 1010. The number of hydrogen-bond acceptors (Lipinski definition) is 9. The third-order valence-electron chi connectivity index (χ3n) is 5.96. The number of benzene rings is 1. The normalized spacial score (nSPS) is 14.1. The smallest absolute Gasteiger partial charge is 0.275 e. The monoisotopic (exact) mass is 521 g/mol. The molecule has 1 fully saturated rings. The molecule has 3 rings (SSSR count). The summed E-state index contributed by atoms with van der Waals surface area (Å²) in [4.78, 5) is 31.7. The highest BCUT2D eigenvalue weighted by atomic mass is 32.1. The molecule has 11 heteroatoms. The van der Waals surface area contributed by atoms with E-state index in [2.05, 4.69) is 10.3 Å². The maximum absolute atomic E-state index is 12.8. The van der Waals surface area contributed by atoms with Crippen LogP contribution in [0.5, 0.6) is 11.5 Å². The number of aromatic nitrogens is 1. The minimum Gasteiger partial charge on any atom is -0.493 e. The highest BCUT2D eigenvalue weighted by Gasteiger charge is 2.26. The SMILES string of the molecule is COCCOCCOCC(=O)N1CCC(c2nc(C(=O)Nc3cc(OC)c(OC)cc3C)cs2)CC1. The first kappa shape index (κ1) is 27.9. The topological polar surface area (TPSA) is 108 Å². The van der Waals surface area contributed by atoms with Crippen LogP contribution >= 0.6 is 11.3 Å². The molecule has 0 radical (unpaired) electrons. The average Bonchev–Trinajstić information content (AvgIpc) is 3.39. The minimum absolute atomic E-state index is 0.0187. The number of amides is 2. The molecule has 10 nitrogen and oxygen atoms in total. The number of methoxy groups -OCH3 is 3. The number of likely N-dealkylation sites (tertiary alicyclic amines) is 1. The first-order chi connectivity index (χ1) is 17.5. The van der Waals surface area contributed by atoms with Gasteiger partial charge in [0.05, 0.1) is 45.7 Å². The summed E-state index contributed by atoms with van der Waals surface area (Å²) < 4.78 is 26.3. The summed E-state index contributed by atoms with van der Waals surface area (Å²) in [6, 6.07) is 3.56. The van der Waals surface area contributed by atoms with Gasteiger partial charge >= 0.3 is 0 Å². The molecule has 36 heavy (non-hydrogen) atoms. The molecule has 198 valence electrons. The number of nitrogens with zero attached hydrogens (tertiary/aromatic N) is 2. The third-order valence-corrected chi connectivity index (χ3v) is 6.97. The fraction of sp³-hybridized carbons (Fsp3) is 0.560. The van der Waals surface area contributed by atoms with Gasteiger partial charge in [-0.25, -0.2) is 4.98 Å². The Kier molecular flexibility index (Phi) is 10.9. The van der Waals surface area contributed by atoms with Gasteiger partial charge in [0.25, 0.3) is 5.91 Å². The summed E-state index contributed by atoms with van der Waals surface area (Å²) in [7, 11) is 4.75. The van der Waals surface area contributed by atoms with Crippen molar-refractivity contribution in [3.63, 3.8) is 0 Å². The molecule has 2 aromatic rings. The van der Waals surface area contributed by atoms with Crippen LogP contribution < -0.4 is 14.8 Å². The van der Waals surface area contributed by atoms with Crippen LogP contribution in [0.2, 0.25) is 0 Å². The van der Waals surface area contributed by atoms with Crippen LogP contribution in [0.15, 0.2) is 17.5 Å². The third kappa shape index (κ3) is 7.63. The van der Waals surface area contributed by atoms with E-state index in [0.29, 0.717) is 62.4 Å². The van der Waals surface area contributed by atoms with Crippen LogP contribution in [-0.2, 0) is 19.0 Å². The van der Waals surface area contributed by atoms with Gasteiger partial charge in [0.15, 0.2) is 11.5 Å². The molecule has 0 atom stereocenters. The van der Waals surface area contributed by atoms with Crippen molar-refractivity contribution >= 4 is 28.8 Å². The van der Waals surface area contributed by atoms with Crippen LogP contribution in [-0.4, -0.2) is 89.2 Å². The largest absolute Gasteiger partial charge is 0.493 e. The number of aryl methyl sites for hydroxylation is 1. The van der Waals surface area contributed by atoms with E-state index in [1.165, 1.54) is 11.3 Å². The van der Waals surface area contributed by atoms with Crippen molar-refractivity contribution in [2.75, 3.05) is 72.8 Å². The van der Waals surface area contributed by atoms with Gasteiger partial charge in [-0.05, 0) is 31.4 Å². The number of rotatable bonds is 13. The van der Waals surface area contributed by atoms with Crippen LogP contribution in [0.3, 0.4) is 0 Å². The molecule has 1 saturated heterocycles. The predicted molar refractivity (Wildman–Crippen MR) is 136 cm³/mol. The molecule has 1 aromatic heterocycles. The summed E-state index contributed by atoms with van der Waals surface area (Å²) >= 11 is 1.48. The maximum Gasteiger partial charge on any atom is 0.275 e. The number of carbonyl (C=O) groups is 2. The van der Waals surface area contributed by atoms with Crippen molar-refractivity contribution in [2.45, 2.75) is 25.7 Å². The molecule has 0 saturated carbocycles. The van der Waals surface area contributed by atoms with Crippen LogP contribution in [0, 0.1) is 6.92 Å². The van der Waals surface area contributed by atoms with Crippen molar-refractivity contribution in [3.05, 3.63) is 33.8 Å². The predicted octanol–water partition coefficient (Wildman–Crippen LogP) is 3.11. The van der Waals surface area contributed by atoms with Crippen molar-refractivity contribution in [1.29, 1.82) is 0 Å². The van der Waals surface area contributed by atoms with E-state index in [9.17, 15) is 9.59 Å². The molecule has 1 aliphatic rings. The number of piperidine rings is 1. The fourth-order valence-electron chi connectivity index (χ4n) is 3.87. The van der Waals surface area contributed by atoms with Gasteiger partial charge in [-0.2, -0.15) is 0 Å². The highest BCUT2D eigenvalue weighted by Crippen LogP contribution is 2.34. The first-order valence-corrected chi connectivity index (χ1v) is 12.8. The molecule has 0 spiro atoms. The number of nitrogens with one attached hydrogen (secondary N) is 1. The average molecular weight is 522 g/mol. The molecule has 0 aliphatic carbocycles. The Morgan fingerprint density at radius 1 is 1.03 bits per heavy atom. The molecule has 0 unspecified atom stereocenters. The van der Waals surface area contributed by atoms with Gasteiger partial charge in [0, 0.05) is 43.3 Å². The highest BCUT2D eigenvalue weighted by molar-refractivity contribution is 7.10. The van der Waals surface area contributed by atoms with Gasteiger partial charge in [0.1, 0.15) is 12.3 Å². The van der Waals surface area contributed by atoms with E-state index in [0.717, 1.165) is 23.4 Å². The second-order valence-corrected chi connectivity index (χ2v) is 9.25. The van der Waals surface area contributed by atoms with Gasteiger partial charge < -0.3 is 33.9 Å². The maximum atomic E-state index is 12.8. The molecule has 2 heterocycles. The molecule has 0 bridgehead atoms. The molecule has 1 aromatic carbocycles. The summed E-state index contributed by atoms with van der Waals surface area (Å²) in [5, 5.41) is 5.61. The first-order valence-electron chi connectivity index (χ1n) is 11.9. The fourth-order valence-corrected chi connectivity index (χ4v) is 4.84. The second-order valence-electron chi connectivity index (χ2n) is 8.36. The van der Waals surface area contributed by atoms with E-state index in [4.69, 9.17) is 23.7 Å². The number of ether oxygens (including phenoxy) is 5. The van der Waals surface area contributed by atoms with E-state index in [1.807, 2.05) is 17.9 Å². The molecular formula is C25H35N3O7S. The molecule has 2 amide bonds. The van der Waals surface area contributed by atoms with E-state index in [-0.39, 0.29) is 24.3 Å². The number of anilines is 1. The molecular weight excluding hydrogens is 486 g/mol. The zero-order valence-corrected chi connectivity index (χ0v) is 22.2. The quantitative estimate of drug-likeness (QED) is 0.401. The Hall–Kier alpha value is -2.73. The Morgan fingerprint density at radius 2 is 1.69 bits per heavy atom. The van der Waals surface area contributed by atoms with E-state index >= 15 is 0 Å². The van der Waals surface area contributed by atoms with Crippen LogP contribution in [0.25, 0.3) is 0 Å². The van der Waals surface area contributed by atoms with Gasteiger partial charge in [-0.15, -0.1) is 11.3 Å². The van der Waals surface area contributed by atoms with Crippen molar-refractivity contribution in [1.82, 2.24) is 9.88 Å². The van der Waals surface area contributed by atoms with Crippen molar-refractivity contribution in [3.8, 4) is 11.5 Å². The van der Waals surface area contributed by atoms with Gasteiger partial charge in [0.2, 0.25) is 5.91 Å². The second kappa shape index (κ2) is 14.1. The summed E-state index contributed by atoms with van der Waals surface area (Å²) in [6.45, 7) is 5.08. The lowest BCUT2D eigenvalue weighted by Crippen LogP contribution is -2.40. The van der Waals surface area contributed by atoms with Gasteiger partial charge in [-0.3, -0.25) is 9.59 Å². The van der Waals surface area contributed by atoms with E-state index in [1.54, 1.807) is 32.8 Å². The Morgan fingerprint density at radius 3 is 2.39 bits per heavy atom. The molecule has 1 N–H and O–H groups in total. The van der Waals surface area contributed by atoms with Crippen molar-refractivity contribution < 1.29 is 33.3 Å². The Labute approximate surface area is 215 Å². The van der Waals surface area contributed by atoms with E-state index < -0.39 is 0 Å². The standard InChI is InChI=1S/C25H35N3O7S/c1-17-13-21(32-3)22(33-4)14-19(17)26-24(30)20-16-36-25(27-20)18-5-7-28(8-6-18)23(29)15-35-12-11-34-10-9-31-2/h13-14,16,18H,5-12,15H2,1-4H3,(H,26,30). The summed E-state index contributed by atoms with van der Waals surface area (Å²) in [5.74, 6) is 1.07. The van der Waals surface area contributed by atoms with Crippen LogP contribution in [0.1, 0.15) is 39.8 Å². The zero-order chi connectivity index (χ0) is 25.9. The number of thiazole rings is 1. The number of hydrogen-bond donors (Lipinski definition) is 1. The molecule has 1 aliphatic heterocycles.